The first-order valence-corrected chi connectivity index (χ1v) is 10.4. The summed E-state index contributed by atoms with van der Waals surface area (Å²) < 4.78 is 10.7. The number of aliphatic imine (C=N–C) groups is 1. The zero-order chi connectivity index (χ0) is 21.0. The van der Waals surface area contributed by atoms with Crippen LogP contribution in [0.2, 0.25) is 0 Å². The number of morpholine rings is 1. The van der Waals surface area contributed by atoms with Gasteiger partial charge in [0.2, 0.25) is 0 Å². The molecule has 6 nitrogen and oxygen atoms in total. The number of anilines is 1. The van der Waals surface area contributed by atoms with Gasteiger partial charge in [0.05, 0.1) is 31.7 Å². The number of hydrazone groups is 1. The van der Waals surface area contributed by atoms with Gasteiger partial charge in [-0.25, -0.2) is 4.99 Å². The molecule has 0 bridgehead atoms. The molecule has 0 atom stereocenters. The van der Waals surface area contributed by atoms with E-state index in [1.807, 2.05) is 42.5 Å². The SMILES string of the molecule is COc1ccc(C2=Nc3ccccc3C(c3ccc(N4CCOCC4)cc3)=NN2)cc1. The molecular formula is C25H24N4O2. The average molecular weight is 412 g/mol. The molecule has 3 aromatic carbocycles. The molecule has 5 rings (SSSR count). The highest BCUT2D eigenvalue weighted by Gasteiger charge is 2.18. The molecule has 0 unspecified atom stereocenters. The summed E-state index contributed by atoms with van der Waals surface area (Å²) in [6.07, 6.45) is 0. The van der Waals surface area contributed by atoms with Gasteiger partial charge in [-0.1, -0.05) is 30.3 Å². The van der Waals surface area contributed by atoms with E-state index >= 15 is 0 Å². The third kappa shape index (κ3) is 4.02. The van der Waals surface area contributed by atoms with Crippen LogP contribution in [-0.4, -0.2) is 45.0 Å². The van der Waals surface area contributed by atoms with Crippen LogP contribution in [0.5, 0.6) is 5.75 Å². The molecule has 2 heterocycles. The van der Waals surface area contributed by atoms with Crippen molar-refractivity contribution in [2.75, 3.05) is 38.3 Å². The molecule has 0 aromatic heterocycles. The van der Waals surface area contributed by atoms with Crippen LogP contribution in [0, 0.1) is 0 Å². The molecule has 0 radical (unpaired) electrons. The van der Waals surface area contributed by atoms with Gasteiger partial charge in [-0.05, 0) is 42.5 Å². The molecule has 0 saturated carbocycles. The highest BCUT2D eigenvalue weighted by Crippen LogP contribution is 2.27. The van der Waals surface area contributed by atoms with E-state index in [0.717, 1.165) is 60.1 Å². The van der Waals surface area contributed by atoms with E-state index in [4.69, 9.17) is 19.6 Å². The fraction of sp³-hybridized carbons (Fsp3) is 0.200. The Bertz CT molecular complexity index is 1120. The summed E-state index contributed by atoms with van der Waals surface area (Å²) in [5.74, 6) is 1.51. The predicted octanol–water partition coefficient (Wildman–Crippen LogP) is 3.97. The summed E-state index contributed by atoms with van der Waals surface area (Å²) in [6.45, 7) is 3.39. The van der Waals surface area contributed by atoms with Crippen LogP contribution >= 0.6 is 0 Å². The van der Waals surface area contributed by atoms with E-state index in [1.165, 1.54) is 5.69 Å². The lowest BCUT2D eigenvalue weighted by Crippen LogP contribution is -2.36. The zero-order valence-corrected chi connectivity index (χ0v) is 17.4. The normalized spacial score (nSPS) is 15.8. The lowest BCUT2D eigenvalue weighted by Gasteiger charge is -2.29. The van der Waals surface area contributed by atoms with Gasteiger partial charge < -0.3 is 14.4 Å². The lowest BCUT2D eigenvalue weighted by molar-refractivity contribution is 0.122. The van der Waals surface area contributed by atoms with Crippen LogP contribution in [0.15, 0.2) is 82.9 Å². The monoisotopic (exact) mass is 412 g/mol. The van der Waals surface area contributed by atoms with Crippen molar-refractivity contribution in [3.63, 3.8) is 0 Å². The number of para-hydroxylation sites is 1. The van der Waals surface area contributed by atoms with Crippen LogP contribution in [-0.2, 0) is 4.74 Å². The topological polar surface area (TPSA) is 58.5 Å². The van der Waals surface area contributed by atoms with Gasteiger partial charge in [0.15, 0.2) is 5.84 Å². The van der Waals surface area contributed by atoms with Gasteiger partial charge in [-0.3, -0.25) is 5.43 Å². The molecule has 0 spiro atoms. The molecule has 0 amide bonds. The van der Waals surface area contributed by atoms with Gasteiger partial charge in [-0.2, -0.15) is 5.10 Å². The van der Waals surface area contributed by atoms with Gasteiger partial charge >= 0.3 is 0 Å². The number of methoxy groups -OCH3 is 1. The number of nitrogens with one attached hydrogen (secondary N) is 1. The van der Waals surface area contributed by atoms with E-state index in [-0.39, 0.29) is 0 Å². The highest BCUT2D eigenvalue weighted by atomic mass is 16.5. The lowest BCUT2D eigenvalue weighted by atomic mass is 10.0. The third-order valence-corrected chi connectivity index (χ3v) is 5.55. The second-order valence-corrected chi connectivity index (χ2v) is 7.42. The smallest absolute Gasteiger partial charge is 0.154 e. The number of rotatable bonds is 4. The summed E-state index contributed by atoms with van der Waals surface area (Å²) in [4.78, 5) is 7.21. The summed E-state index contributed by atoms with van der Waals surface area (Å²) in [6, 6.07) is 24.5. The minimum Gasteiger partial charge on any atom is -0.497 e. The first-order chi connectivity index (χ1) is 15.3. The predicted molar refractivity (Wildman–Crippen MR) is 124 cm³/mol. The Morgan fingerprint density at radius 3 is 2.32 bits per heavy atom. The number of fused-ring (bicyclic) bond motifs is 1. The molecular weight excluding hydrogens is 388 g/mol. The van der Waals surface area contributed by atoms with Gasteiger partial charge in [-0.15, -0.1) is 0 Å². The van der Waals surface area contributed by atoms with E-state index in [1.54, 1.807) is 7.11 Å². The zero-order valence-electron chi connectivity index (χ0n) is 17.4. The molecule has 31 heavy (non-hydrogen) atoms. The van der Waals surface area contributed by atoms with Gasteiger partial charge in [0.1, 0.15) is 5.75 Å². The first-order valence-electron chi connectivity index (χ1n) is 10.4. The number of hydrogen-bond acceptors (Lipinski definition) is 6. The van der Waals surface area contributed by atoms with Crippen LogP contribution < -0.4 is 15.1 Å². The Morgan fingerprint density at radius 1 is 0.871 bits per heavy atom. The fourth-order valence-electron chi connectivity index (χ4n) is 3.84. The van der Waals surface area contributed by atoms with Crippen molar-refractivity contribution in [2.45, 2.75) is 0 Å². The van der Waals surface area contributed by atoms with Crippen LogP contribution in [0.4, 0.5) is 11.4 Å². The van der Waals surface area contributed by atoms with Gasteiger partial charge in [0, 0.05) is 35.5 Å². The van der Waals surface area contributed by atoms with E-state index in [9.17, 15) is 0 Å². The third-order valence-electron chi connectivity index (χ3n) is 5.55. The number of nitrogens with zero attached hydrogens (tertiary/aromatic N) is 3. The number of ether oxygens (including phenoxy) is 2. The number of benzene rings is 3. The molecule has 2 aliphatic heterocycles. The molecule has 156 valence electrons. The largest absolute Gasteiger partial charge is 0.497 e. The average Bonchev–Trinajstić information content (AvgIpc) is 3.05. The van der Waals surface area contributed by atoms with Gasteiger partial charge in [0.25, 0.3) is 0 Å². The Labute approximate surface area is 181 Å². The summed E-state index contributed by atoms with van der Waals surface area (Å²) in [5, 5.41) is 4.75. The first kappa shape index (κ1) is 19.3. The summed E-state index contributed by atoms with van der Waals surface area (Å²) in [7, 11) is 1.66. The highest BCUT2D eigenvalue weighted by molar-refractivity contribution is 6.18. The second kappa shape index (κ2) is 8.62. The van der Waals surface area contributed by atoms with E-state index < -0.39 is 0 Å². The van der Waals surface area contributed by atoms with Crippen LogP contribution in [0.25, 0.3) is 0 Å². The van der Waals surface area contributed by atoms with Crippen molar-refractivity contribution in [1.29, 1.82) is 0 Å². The summed E-state index contributed by atoms with van der Waals surface area (Å²) >= 11 is 0. The van der Waals surface area contributed by atoms with Crippen molar-refractivity contribution in [3.05, 3.63) is 89.5 Å². The van der Waals surface area contributed by atoms with Crippen molar-refractivity contribution < 1.29 is 9.47 Å². The van der Waals surface area contributed by atoms with Crippen LogP contribution in [0.3, 0.4) is 0 Å². The minimum atomic E-state index is 0.704. The van der Waals surface area contributed by atoms with E-state index in [2.05, 4.69) is 40.7 Å². The second-order valence-electron chi connectivity index (χ2n) is 7.42. The summed E-state index contributed by atoms with van der Waals surface area (Å²) in [5.41, 5.74) is 9.13. The maximum Gasteiger partial charge on any atom is 0.154 e. The molecule has 0 aliphatic carbocycles. The Balaban J connectivity index is 1.48. The standard InChI is InChI=1S/C25H24N4O2/c1-30-21-12-8-19(9-13-21)25-26-23-5-3-2-4-22(23)24(27-28-25)18-6-10-20(11-7-18)29-14-16-31-17-15-29/h2-13H,14-17H2,1H3,(H,26,28). The van der Waals surface area contributed by atoms with Crippen molar-refractivity contribution >= 4 is 22.9 Å². The van der Waals surface area contributed by atoms with Crippen molar-refractivity contribution in [1.82, 2.24) is 5.43 Å². The fourth-order valence-corrected chi connectivity index (χ4v) is 3.84. The van der Waals surface area contributed by atoms with Crippen molar-refractivity contribution in [3.8, 4) is 5.75 Å². The maximum atomic E-state index is 5.46. The Hall–Kier alpha value is -3.64. The Kier molecular flexibility index (Phi) is 5.37. The molecule has 3 aromatic rings. The minimum absolute atomic E-state index is 0.704. The number of amidine groups is 1. The number of hydrogen-bond donors (Lipinski definition) is 1. The molecule has 1 fully saturated rings. The molecule has 2 aliphatic rings. The maximum absolute atomic E-state index is 5.46. The quantitative estimate of drug-likeness (QED) is 0.705. The molecule has 1 saturated heterocycles. The molecule has 6 heteroatoms. The van der Waals surface area contributed by atoms with Crippen molar-refractivity contribution in [2.24, 2.45) is 10.1 Å². The van der Waals surface area contributed by atoms with Crippen LogP contribution in [0.1, 0.15) is 16.7 Å². The van der Waals surface area contributed by atoms with E-state index in [0.29, 0.717) is 5.84 Å². The Morgan fingerprint density at radius 2 is 1.58 bits per heavy atom. The molecule has 1 N–H and O–H groups in total.